The van der Waals surface area contributed by atoms with Crippen LogP contribution in [0.4, 0.5) is 0 Å². The summed E-state index contributed by atoms with van der Waals surface area (Å²) < 4.78 is 11.7. The van der Waals surface area contributed by atoms with Gasteiger partial charge in [-0.3, -0.25) is 0 Å². The average Bonchev–Trinajstić information content (AvgIpc) is 2.68. The lowest BCUT2D eigenvalue weighted by Crippen LogP contribution is -1.97. The van der Waals surface area contributed by atoms with Gasteiger partial charge in [-0.2, -0.15) is 0 Å². The highest BCUT2D eigenvalue weighted by atomic mass is 16.5. The Hall–Kier alpha value is -2.08. The third kappa shape index (κ3) is 1.94. The third-order valence-electron chi connectivity index (χ3n) is 2.40. The summed E-state index contributed by atoms with van der Waals surface area (Å²) in [5, 5.41) is 9.07. The molecule has 0 atom stereocenters. The SMILES string of the molecule is COCc1nc(C(=O)O)c2cc(OC)ccn12. The lowest BCUT2D eigenvalue weighted by atomic mass is 10.3. The molecule has 6 nitrogen and oxygen atoms in total. The van der Waals surface area contributed by atoms with Crippen molar-refractivity contribution >= 4 is 11.5 Å². The Labute approximate surface area is 97.4 Å². The predicted octanol–water partition coefficient (Wildman–Crippen LogP) is 1.19. The number of imidazole rings is 1. The third-order valence-corrected chi connectivity index (χ3v) is 2.40. The van der Waals surface area contributed by atoms with Crippen molar-refractivity contribution in [3.8, 4) is 5.75 Å². The van der Waals surface area contributed by atoms with Crippen molar-refractivity contribution in [1.82, 2.24) is 9.38 Å². The maximum absolute atomic E-state index is 11.1. The summed E-state index contributed by atoms with van der Waals surface area (Å²) in [5.74, 6) is 0.0597. The minimum absolute atomic E-state index is 0.00375. The maximum atomic E-state index is 11.1. The Bertz CT molecular complexity index is 562. The first kappa shape index (κ1) is 11.4. The summed E-state index contributed by atoms with van der Waals surface area (Å²) in [5.41, 5.74) is 0.486. The van der Waals surface area contributed by atoms with Gasteiger partial charge in [0.15, 0.2) is 5.69 Å². The molecule has 0 radical (unpaired) electrons. The van der Waals surface area contributed by atoms with Crippen LogP contribution in [0.25, 0.3) is 5.52 Å². The molecule has 0 unspecified atom stereocenters. The number of carboxylic acids is 1. The summed E-state index contributed by atoms with van der Waals surface area (Å²) >= 11 is 0. The van der Waals surface area contributed by atoms with E-state index in [-0.39, 0.29) is 12.3 Å². The highest BCUT2D eigenvalue weighted by Gasteiger charge is 2.16. The van der Waals surface area contributed by atoms with Crippen molar-refractivity contribution in [2.75, 3.05) is 14.2 Å². The highest BCUT2D eigenvalue weighted by Crippen LogP contribution is 2.19. The van der Waals surface area contributed by atoms with E-state index >= 15 is 0 Å². The molecule has 0 aromatic carbocycles. The van der Waals surface area contributed by atoms with E-state index in [1.54, 1.807) is 22.7 Å². The molecule has 0 aliphatic rings. The molecule has 0 aliphatic carbocycles. The number of hydrogen-bond donors (Lipinski definition) is 1. The van der Waals surface area contributed by atoms with Crippen LogP contribution in [0.3, 0.4) is 0 Å². The number of aromatic carboxylic acids is 1. The topological polar surface area (TPSA) is 73.1 Å². The van der Waals surface area contributed by atoms with Gasteiger partial charge in [0.25, 0.3) is 0 Å². The van der Waals surface area contributed by atoms with Crippen molar-refractivity contribution < 1.29 is 19.4 Å². The predicted molar refractivity (Wildman–Crippen MR) is 59.4 cm³/mol. The van der Waals surface area contributed by atoms with Crippen LogP contribution in [-0.4, -0.2) is 34.7 Å². The van der Waals surface area contributed by atoms with Gasteiger partial charge in [-0.25, -0.2) is 9.78 Å². The zero-order valence-electron chi connectivity index (χ0n) is 9.51. The van der Waals surface area contributed by atoms with Gasteiger partial charge in [0.2, 0.25) is 0 Å². The number of ether oxygens (including phenoxy) is 2. The number of pyridine rings is 1. The maximum Gasteiger partial charge on any atom is 0.356 e. The van der Waals surface area contributed by atoms with Crippen molar-refractivity contribution in [3.63, 3.8) is 0 Å². The first-order valence-corrected chi connectivity index (χ1v) is 4.94. The van der Waals surface area contributed by atoms with Crippen LogP contribution >= 0.6 is 0 Å². The first-order valence-electron chi connectivity index (χ1n) is 4.94. The number of methoxy groups -OCH3 is 2. The van der Waals surface area contributed by atoms with Crippen LogP contribution in [0.2, 0.25) is 0 Å². The van der Waals surface area contributed by atoms with Gasteiger partial charge < -0.3 is 19.0 Å². The van der Waals surface area contributed by atoms with Gasteiger partial charge in [-0.15, -0.1) is 0 Å². The molecule has 0 saturated carbocycles. The molecule has 1 N–H and O–H groups in total. The molecule has 0 bridgehead atoms. The molecule has 2 aromatic rings. The molecular formula is C11H12N2O4. The van der Waals surface area contributed by atoms with E-state index in [0.717, 1.165) is 0 Å². The summed E-state index contributed by atoms with van der Waals surface area (Å²) in [6, 6.07) is 3.37. The molecule has 6 heteroatoms. The zero-order valence-corrected chi connectivity index (χ0v) is 9.51. The van der Waals surface area contributed by atoms with Crippen LogP contribution in [0.15, 0.2) is 18.3 Å². The van der Waals surface area contributed by atoms with Crippen LogP contribution in [0.5, 0.6) is 5.75 Å². The van der Waals surface area contributed by atoms with Gasteiger partial charge in [0.1, 0.15) is 18.2 Å². The first-order chi connectivity index (χ1) is 8.17. The van der Waals surface area contributed by atoms with Gasteiger partial charge in [0.05, 0.1) is 12.6 Å². The molecule has 0 fully saturated rings. The largest absolute Gasteiger partial charge is 0.497 e. The Morgan fingerprint density at radius 1 is 1.53 bits per heavy atom. The molecular weight excluding hydrogens is 224 g/mol. The number of carbonyl (C=O) groups is 1. The summed E-state index contributed by atoms with van der Waals surface area (Å²) in [6.45, 7) is 0.251. The smallest absolute Gasteiger partial charge is 0.356 e. The van der Waals surface area contributed by atoms with Gasteiger partial charge in [-0.1, -0.05) is 0 Å². The zero-order chi connectivity index (χ0) is 12.4. The van der Waals surface area contributed by atoms with Crippen molar-refractivity contribution in [2.45, 2.75) is 6.61 Å². The Balaban J connectivity index is 2.67. The summed E-state index contributed by atoms with van der Waals surface area (Å²) in [6.07, 6.45) is 1.71. The van der Waals surface area contributed by atoms with Crippen LogP contribution < -0.4 is 4.74 Å². The van der Waals surface area contributed by atoms with E-state index in [1.165, 1.54) is 14.2 Å². The second kappa shape index (κ2) is 4.42. The van der Waals surface area contributed by atoms with Crippen LogP contribution in [0, 0.1) is 0 Å². The van der Waals surface area contributed by atoms with E-state index in [2.05, 4.69) is 4.98 Å². The lowest BCUT2D eigenvalue weighted by molar-refractivity contribution is 0.0692. The van der Waals surface area contributed by atoms with Gasteiger partial charge in [0, 0.05) is 19.4 Å². The van der Waals surface area contributed by atoms with E-state index in [9.17, 15) is 4.79 Å². The second-order valence-corrected chi connectivity index (χ2v) is 3.44. The summed E-state index contributed by atoms with van der Waals surface area (Å²) in [4.78, 5) is 15.1. The number of carboxylic acid groups (broad SMARTS) is 1. The van der Waals surface area contributed by atoms with Crippen LogP contribution in [-0.2, 0) is 11.3 Å². The number of nitrogens with zero attached hydrogens (tertiary/aromatic N) is 2. The molecule has 0 saturated heterocycles. The Morgan fingerprint density at radius 2 is 2.29 bits per heavy atom. The van der Waals surface area contributed by atoms with Crippen LogP contribution in [0.1, 0.15) is 16.3 Å². The van der Waals surface area contributed by atoms with Crippen molar-refractivity contribution in [2.24, 2.45) is 0 Å². The number of aromatic nitrogens is 2. The molecule has 2 rings (SSSR count). The fourth-order valence-electron chi connectivity index (χ4n) is 1.64. The van der Waals surface area contributed by atoms with Gasteiger partial charge in [-0.05, 0) is 6.07 Å². The van der Waals surface area contributed by atoms with Crippen molar-refractivity contribution in [3.05, 3.63) is 29.8 Å². The van der Waals surface area contributed by atoms with Gasteiger partial charge >= 0.3 is 5.97 Å². The van der Waals surface area contributed by atoms with Crippen molar-refractivity contribution in [1.29, 1.82) is 0 Å². The molecule has 90 valence electrons. The van der Waals surface area contributed by atoms with E-state index < -0.39 is 5.97 Å². The fraction of sp³-hybridized carbons (Fsp3) is 0.273. The molecule has 2 heterocycles. The minimum Gasteiger partial charge on any atom is -0.497 e. The lowest BCUT2D eigenvalue weighted by Gasteiger charge is -2.02. The highest BCUT2D eigenvalue weighted by molar-refractivity contribution is 5.94. The average molecular weight is 236 g/mol. The Morgan fingerprint density at radius 3 is 2.88 bits per heavy atom. The normalized spacial score (nSPS) is 10.7. The fourth-order valence-corrected chi connectivity index (χ4v) is 1.64. The number of hydrogen-bond acceptors (Lipinski definition) is 4. The van der Waals surface area contributed by atoms with E-state index in [4.69, 9.17) is 14.6 Å². The molecule has 17 heavy (non-hydrogen) atoms. The monoisotopic (exact) mass is 236 g/mol. The second-order valence-electron chi connectivity index (χ2n) is 3.44. The van der Waals surface area contributed by atoms with E-state index in [0.29, 0.717) is 17.1 Å². The molecule has 2 aromatic heterocycles. The molecule has 0 amide bonds. The quantitative estimate of drug-likeness (QED) is 0.863. The standard InChI is InChI=1S/C11H12N2O4/c1-16-6-9-12-10(11(14)15)8-5-7(17-2)3-4-13(8)9/h3-5H,6H2,1-2H3,(H,14,15). The van der Waals surface area contributed by atoms with E-state index in [1.807, 2.05) is 0 Å². The molecule has 0 spiro atoms. The number of rotatable bonds is 4. The summed E-state index contributed by atoms with van der Waals surface area (Å²) in [7, 11) is 3.06. The Kier molecular flexibility index (Phi) is 2.97. The number of fused-ring (bicyclic) bond motifs is 1. The minimum atomic E-state index is -1.07. The molecule has 0 aliphatic heterocycles.